The van der Waals surface area contributed by atoms with Crippen LogP contribution in [0.15, 0.2) is 48.5 Å². The van der Waals surface area contributed by atoms with E-state index in [2.05, 4.69) is 11.8 Å². The van der Waals surface area contributed by atoms with E-state index < -0.39 is 0 Å². The van der Waals surface area contributed by atoms with E-state index in [0.29, 0.717) is 19.1 Å². The Morgan fingerprint density at radius 2 is 1.89 bits per heavy atom. The lowest BCUT2D eigenvalue weighted by atomic mass is 10.1. The summed E-state index contributed by atoms with van der Waals surface area (Å²) in [6.45, 7) is 4.04. The van der Waals surface area contributed by atoms with E-state index in [4.69, 9.17) is 10.5 Å². The van der Waals surface area contributed by atoms with Crippen molar-refractivity contribution in [1.82, 2.24) is 4.90 Å². The van der Waals surface area contributed by atoms with E-state index in [1.165, 1.54) is 12.1 Å². The molecular weight excluding hydrogens is 383 g/mol. The molecule has 0 aliphatic carbocycles. The molecule has 0 saturated carbocycles. The molecular formula is C20H27FN2O2S2. The van der Waals surface area contributed by atoms with Crippen LogP contribution in [-0.4, -0.2) is 23.4 Å². The zero-order chi connectivity index (χ0) is 17.8. The molecule has 27 heavy (non-hydrogen) atoms. The Balaban J connectivity index is 0.00000182. The molecule has 2 N–H and O–H groups in total. The van der Waals surface area contributed by atoms with Gasteiger partial charge in [-0.2, -0.15) is 27.0 Å². The monoisotopic (exact) mass is 410 g/mol. The van der Waals surface area contributed by atoms with Crippen LogP contribution >= 0.6 is 27.0 Å². The van der Waals surface area contributed by atoms with Crippen LogP contribution in [0.4, 0.5) is 4.39 Å². The molecule has 1 heterocycles. The molecule has 1 aliphatic rings. The van der Waals surface area contributed by atoms with Gasteiger partial charge in [0, 0.05) is 13.1 Å². The molecule has 2 aromatic carbocycles. The zero-order valence-corrected chi connectivity index (χ0v) is 17.3. The molecule has 0 bridgehead atoms. The van der Waals surface area contributed by atoms with E-state index in [0.717, 1.165) is 29.8 Å². The minimum Gasteiger partial charge on any atom is -0.489 e. The maximum absolute atomic E-state index is 13.2. The van der Waals surface area contributed by atoms with Crippen LogP contribution in [-0.2, 0) is 17.9 Å². The number of primary amides is 1. The van der Waals surface area contributed by atoms with Gasteiger partial charge < -0.3 is 10.5 Å². The van der Waals surface area contributed by atoms with Crippen molar-refractivity contribution in [3.63, 3.8) is 0 Å². The molecule has 7 heteroatoms. The third-order valence-electron chi connectivity index (χ3n) is 4.54. The van der Waals surface area contributed by atoms with Gasteiger partial charge in [0.1, 0.15) is 18.2 Å². The fourth-order valence-electron chi connectivity index (χ4n) is 3.32. The maximum atomic E-state index is 13.2. The summed E-state index contributed by atoms with van der Waals surface area (Å²) in [4.78, 5) is 13.7. The van der Waals surface area contributed by atoms with Crippen LogP contribution < -0.4 is 10.5 Å². The summed E-state index contributed by atoms with van der Waals surface area (Å²) in [6, 6.07) is 14.0. The third kappa shape index (κ3) is 6.45. The first-order valence-corrected chi connectivity index (χ1v) is 8.51. The van der Waals surface area contributed by atoms with Crippen LogP contribution in [0, 0.1) is 11.7 Å². The summed E-state index contributed by atoms with van der Waals surface area (Å²) in [6.07, 6.45) is 0.824. The van der Waals surface area contributed by atoms with Crippen LogP contribution in [0.25, 0.3) is 0 Å². The molecule has 0 radical (unpaired) electrons. The number of nitrogens with zero attached hydrogens (tertiary/aromatic N) is 1. The van der Waals surface area contributed by atoms with Gasteiger partial charge in [-0.1, -0.05) is 31.2 Å². The molecule has 2 atom stereocenters. The Morgan fingerprint density at radius 1 is 1.19 bits per heavy atom. The van der Waals surface area contributed by atoms with E-state index >= 15 is 0 Å². The average molecular weight is 411 g/mol. The predicted octanol–water partition coefficient (Wildman–Crippen LogP) is 3.33. The Labute approximate surface area is 173 Å². The number of likely N-dealkylation sites (tertiary alicyclic amines) is 1. The molecule has 1 aliphatic heterocycles. The fourth-order valence-corrected chi connectivity index (χ4v) is 3.32. The summed E-state index contributed by atoms with van der Waals surface area (Å²) in [5.74, 6) is 0.695. The van der Waals surface area contributed by atoms with Gasteiger partial charge in [-0.15, -0.1) is 0 Å². The number of carbonyl (C=O) groups is 1. The minimum absolute atomic E-state index is 0. The SMILES string of the molecule is C[C@H]1C[C@@H](C(N)=O)N(Cc2ccc(OCc3cccc(F)c3)cc2)C1.S.S. The lowest BCUT2D eigenvalue weighted by Crippen LogP contribution is -2.39. The minimum atomic E-state index is -0.264. The molecule has 2 aromatic rings. The number of hydrogen-bond donors (Lipinski definition) is 1. The van der Waals surface area contributed by atoms with Gasteiger partial charge in [0.2, 0.25) is 5.91 Å². The van der Waals surface area contributed by atoms with E-state index in [9.17, 15) is 9.18 Å². The number of nitrogens with two attached hydrogens (primary N) is 1. The number of rotatable bonds is 6. The molecule has 0 spiro atoms. The van der Waals surface area contributed by atoms with E-state index in [1.807, 2.05) is 30.3 Å². The van der Waals surface area contributed by atoms with Gasteiger partial charge in [0.05, 0.1) is 6.04 Å². The van der Waals surface area contributed by atoms with Crippen LogP contribution in [0.1, 0.15) is 24.5 Å². The number of benzene rings is 2. The van der Waals surface area contributed by atoms with Crippen molar-refractivity contribution in [2.24, 2.45) is 11.7 Å². The van der Waals surface area contributed by atoms with E-state index in [-0.39, 0.29) is 44.8 Å². The van der Waals surface area contributed by atoms with Crippen molar-refractivity contribution in [2.75, 3.05) is 6.54 Å². The van der Waals surface area contributed by atoms with Crippen LogP contribution in [0.2, 0.25) is 0 Å². The molecule has 0 aromatic heterocycles. The van der Waals surface area contributed by atoms with Gasteiger partial charge in [0.25, 0.3) is 0 Å². The Morgan fingerprint density at radius 3 is 2.52 bits per heavy atom. The summed E-state index contributed by atoms with van der Waals surface area (Å²) >= 11 is 0. The van der Waals surface area contributed by atoms with Gasteiger partial charge >= 0.3 is 0 Å². The summed E-state index contributed by atoms with van der Waals surface area (Å²) in [5, 5.41) is 0. The number of carbonyl (C=O) groups excluding carboxylic acids is 1. The highest BCUT2D eigenvalue weighted by molar-refractivity contribution is 7.59. The Kier molecular flexibility index (Phi) is 9.15. The number of halogens is 1. The molecule has 1 amide bonds. The first kappa shape index (κ1) is 23.3. The largest absolute Gasteiger partial charge is 0.489 e. The number of hydrogen-bond acceptors (Lipinski definition) is 3. The van der Waals surface area contributed by atoms with Crippen molar-refractivity contribution in [3.05, 3.63) is 65.5 Å². The maximum Gasteiger partial charge on any atom is 0.234 e. The molecule has 1 fully saturated rings. The molecule has 148 valence electrons. The number of amides is 1. The van der Waals surface area contributed by atoms with Crippen LogP contribution in [0.5, 0.6) is 5.75 Å². The second-order valence-electron chi connectivity index (χ2n) is 6.75. The zero-order valence-electron chi connectivity index (χ0n) is 15.3. The highest BCUT2D eigenvalue weighted by atomic mass is 32.1. The third-order valence-corrected chi connectivity index (χ3v) is 4.54. The summed E-state index contributed by atoms with van der Waals surface area (Å²) in [5.41, 5.74) is 7.41. The highest BCUT2D eigenvalue weighted by Crippen LogP contribution is 2.25. The van der Waals surface area contributed by atoms with Gasteiger partial charge in [-0.05, 0) is 47.7 Å². The lowest BCUT2D eigenvalue weighted by Gasteiger charge is -2.21. The van der Waals surface area contributed by atoms with E-state index in [1.54, 1.807) is 6.07 Å². The molecule has 0 unspecified atom stereocenters. The summed E-state index contributed by atoms with van der Waals surface area (Å²) < 4.78 is 18.9. The molecule has 1 saturated heterocycles. The smallest absolute Gasteiger partial charge is 0.234 e. The number of ether oxygens (including phenoxy) is 1. The van der Waals surface area contributed by atoms with Crippen molar-refractivity contribution < 1.29 is 13.9 Å². The van der Waals surface area contributed by atoms with Crippen molar-refractivity contribution >= 4 is 32.9 Å². The molecule has 4 nitrogen and oxygen atoms in total. The quantitative estimate of drug-likeness (QED) is 0.795. The Bertz CT molecular complexity index is 743. The van der Waals surface area contributed by atoms with Gasteiger partial charge in [-0.3, -0.25) is 9.69 Å². The average Bonchev–Trinajstić information content (AvgIpc) is 2.95. The fraction of sp³-hybridized carbons (Fsp3) is 0.350. The first-order valence-electron chi connectivity index (χ1n) is 8.51. The van der Waals surface area contributed by atoms with Crippen LogP contribution in [0.3, 0.4) is 0 Å². The second kappa shape index (κ2) is 10.6. The predicted molar refractivity (Wildman–Crippen MR) is 115 cm³/mol. The van der Waals surface area contributed by atoms with Crippen molar-refractivity contribution in [1.29, 1.82) is 0 Å². The topological polar surface area (TPSA) is 55.6 Å². The summed E-state index contributed by atoms with van der Waals surface area (Å²) in [7, 11) is 0. The lowest BCUT2D eigenvalue weighted by molar-refractivity contribution is -0.122. The second-order valence-corrected chi connectivity index (χ2v) is 6.75. The first-order chi connectivity index (χ1) is 12.0. The molecule has 3 rings (SSSR count). The van der Waals surface area contributed by atoms with Crippen molar-refractivity contribution in [3.8, 4) is 5.75 Å². The Hall–Kier alpha value is -1.70. The van der Waals surface area contributed by atoms with Gasteiger partial charge in [0.15, 0.2) is 0 Å². The van der Waals surface area contributed by atoms with Crippen molar-refractivity contribution in [2.45, 2.75) is 32.5 Å². The highest BCUT2D eigenvalue weighted by Gasteiger charge is 2.33. The van der Waals surface area contributed by atoms with Gasteiger partial charge in [-0.25, -0.2) is 4.39 Å². The normalized spacial score (nSPS) is 19.0. The standard InChI is InChI=1S/C20H23FN2O2.2H2S/c1-14-9-19(20(22)24)23(11-14)12-15-5-7-18(8-6-15)25-13-16-3-2-4-17(21)10-16;;/h2-8,10,14,19H,9,11-13H2,1H3,(H2,22,24);2*1H2/t14-,19-;;/m0../s1.